The number of hydrogen-bond donors (Lipinski definition) is 0. The van der Waals surface area contributed by atoms with Gasteiger partial charge in [-0.3, -0.25) is 14.7 Å². The average molecular weight is 458 g/mol. The first kappa shape index (κ1) is 20.2. The zero-order valence-corrected chi connectivity index (χ0v) is 18.6. The molecule has 4 aromatic rings. The van der Waals surface area contributed by atoms with Crippen molar-refractivity contribution < 1.29 is 4.39 Å². The summed E-state index contributed by atoms with van der Waals surface area (Å²) >= 11 is 6.11. The van der Waals surface area contributed by atoms with Crippen molar-refractivity contribution in [2.45, 2.75) is 25.8 Å². The maximum atomic E-state index is 14.5. The maximum Gasteiger partial charge on any atom is 0.132 e. The third-order valence-corrected chi connectivity index (χ3v) is 6.67. The Morgan fingerprint density at radius 3 is 2.79 bits per heavy atom. The summed E-state index contributed by atoms with van der Waals surface area (Å²) in [6.45, 7) is 1.45. The zero-order chi connectivity index (χ0) is 22.4. The maximum absolute atomic E-state index is 14.5. The molecule has 0 unspecified atom stereocenters. The second kappa shape index (κ2) is 8.19. The second-order valence-corrected chi connectivity index (χ2v) is 9.07. The van der Waals surface area contributed by atoms with Gasteiger partial charge in [-0.05, 0) is 55.2 Å². The molecule has 6 rings (SSSR count). The first-order valence-corrected chi connectivity index (χ1v) is 11.5. The molecule has 4 heterocycles. The van der Waals surface area contributed by atoms with Gasteiger partial charge in [-0.15, -0.1) is 0 Å². The van der Waals surface area contributed by atoms with E-state index < -0.39 is 0 Å². The summed E-state index contributed by atoms with van der Waals surface area (Å²) in [5.74, 6) is 0.395. The average Bonchev–Trinajstić information content (AvgIpc) is 3.47. The molecule has 0 atom stereocenters. The molecule has 0 amide bonds. The number of aliphatic imine (C=N–C) groups is 1. The number of halogens is 2. The summed E-state index contributed by atoms with van der Waals surface area (Å²) in [5.41, 5.74) is 6.07. The summed E-state index contributed by atoms with van der Waals surface area (Å²) in [6, 6.07) is 10.4. The monoisotopic (exact) mass is 457 g/mol. The van der Waals surface area contributed by atoms with Gasteiger partial charge in [-0.1, -0.05) is 24.1 Å². The molecule has 1 aromatic carbocycles. The largest absolute Gasteiger partial charge is 0.280 e. The van der Waals surface area contributed by atoms with Crippen molar-refractivity contribution in [3.63, 3.8) is 0 Å². The van der Waals surface area contributed by atoms with E-state index in [0.29, 0.717) is 22.8 Å². The smallest absolute Gasteiger partial charge is 0.132 e. The fraction of sp³-hybridized carbons (Fsp3) is 0.231. The molecule has 1 aliphatic heterocycles. The van der Waals surface area contributed by atoms with E-state index in [1.807, 2.05) is 41.4 Å². The Morgan fingerprint density at radius 2 is 1.94 bits per heavy atom. The van der Waals surface area contributed by atoms with Crippen molar-refractivity contribution in [1.82, 2.24) is 19.7 Å². The lowest BCUT2D eigenvalue weighted by atomic mass is 9.85. The van der Waals surface area contributed by atoms with Gasteiger partial charge in [0.1, 0.15) is 5.82 Å². The summed E-state index contributed by atoms with van der Waals surface area (Å²) in [4.78, 5) is 14.0. The molecular weight excluding hydrogens is 437 g/mol. The highest BCUT2D eigenvalue weighted by atomic mass is 35.5. The first-order chi connectivity index (χ1) is 16.1. The van der Waals surface area contributed by atoms with Crippen LogP contribution in [0.25, 0.3) is 27.7 Å². The predicted molar refractivity (Wildman–Crippen MR) is 129 cm³/mol. The number of rotatable bonds is 5. The van der Waals surface area contributed by atoms with Crippen LogP contribution in [-0.4, -0.2) is 32.0 Å². The SMILES string of the molecule is Fc1ccc(Cl)cc1C1=NCC=C1c1ccc2ncc(-c3cnn(CC4CCC4)c3)cc2n1. The van der Waals surface area contributed by atoms with Crippen LogP contribution in [0.4, 0.5) is 4.39 Å². The normalized spacial score (nSPS) is 16.1. The molecule has 0 N–H and O–H groups in total. The number of aromatic nitrogens is 4. The van der Waals surface area contributed by atoms with Crippen molar-refractivity contribution in [3.05, 3.63) is 83.2 Å². The topological polar surface area (TPSA) is 56.0 Å². The van der Waals surface area contributed by atoms with Crippen molar-refractivity contribution in [2.75, 3.05) is 6.54 Å². The molecule has 3 aromatic heterocycles. The Labute approximate surface area is 195 Å². The minimum Gasteiger partial charge on any atom is -0.280 e. The van der Waals surface area contributed by atoms with Crippen LogP contribution in [0.5, 0.6) is 0 Å². The number of nitrogens with zero attached hydrogens (tertiary/aromatic N) is 5. The third kappa shape index (κ3) is 3.85. The van der Waals surface area contributed by atoms with Gasteiger partial charge in [0.25, 0.3) is 0 Å². The fourth-order valence-electron chi connectivity index (χ4n) is 4.41. The summed E-state index contributed by atoms with van der Waals surface area (Å²) in [6.07, 6.45) is 11.7. The van der Waals surface area contributed by atoms with Gasteiger partial charge < -0.3 is 0 Å². The lowest BCUT2D eigenvalue weighted by Gasteiger charge is -2.24. The van der Waals surface area contributed by atoms with E-state index in [9.17, 15) is 4.39 Å². The standard InChI is InChI=1S/C26H21ClFN5/c27-19-4-5-22(28)21(11-19)26-20(8-9-29-26)23-6-7-24-25(32-23)10-17(12-30-24)18-13-31-33(15-18)14-16-2-1-3-16/h4-8,10-13,15-16H,1-3,9,14H2. The van der Waals surface area contributed by atoms with Crippen molar-refractivity contribution in [3.8, 4) is 11.1 Å². The van der Waals surface area contributed by atoms with Gasteiger partial charge in [-0.2, -0.15) is 5.10 Å². The number of pyridine rings is 2. The van der Waals surface area contributed by atoms with Crippen LogP contribution in [0.15, 0.2) is 66.1 Å². The molecule has 1 saturated carbocycles. The lowest BCUT2D eigenvalue weighted by molar-refractivity contribution is 0.266. The molecule has 5 nitrogen and oxygen atoms in total. The van der Waals surface area contributed by atoms with Crippen LogP contribution < -0.4 is 0 Å². The molecule has 0 bridgehead atoms. The van der Waals surface area contributed by atoms with Gasteiger partial charge in [0, 0.05) is 46.2 Å². The number of allylic oxidation sites excluding steroid dienone is 1. The molecule has 0 radical (unpaired) electrons. The molecule has 2 aliphatic rings. The van der Waals surface area contributed by atoms with Gasteiger partial charge in [-0.25, -0.2) is 9.37 Å². The predicted octanol–water partition coefficient (Wildman–Crippen LogP) is 5.97. The van der Waals surface area contributed by atoms with E-state index in [1.165, 1.54) is 31.4 Å². The van der Waals surface area contributed by atoms with Gasteiger partial charge in [0.15, 0.2) is 0 Å². The Bertz CT molecular complexity index is 1430. The van der Waals surface area contributed by atoms with Crippen LogP contribution in [-0.2, 0) is 6.54 Å². The van der Waals surface area contributed by atoms with Crippen molar-refractivity contribution >= 4 is 33.9 Å². The molecule has 1 aliphatic carbocycles. The second-order valence-electron chi connectivity index (χ2n) is 8.64. The van der Waals surface area contributed by atoms with Crippen LogP contribution in [0.2, 0.25) is 5.02 Å². The molecule has 1 fully saturated rings. The molecular formula is C26H21ClFN5. The zero-order valence-electron chi connectivity index (χ0n) is 17.9. The Morgan fingerprint density at radius 1 is 1.03 bits per heavy atom. The van der Waals surface area contributed by atoms with Crippen LogP contribution >= 0.6 is 11.6 Å². The third-order valence-electron chi connectivity index (χ3n) is 6.43. The van der Waals surface area contributed by atoms with Crippen LogP contribution in [0.1, 0.15) is 30.5 Å². The van der Waals surface area contributed by atoms with E-state index in [-0.39, 0.29) is 5.82 Å². The highest BCUT2D eigenvalue weighted by Gasteiger charge is 2.21. The van der Waals surface area contributed by atoms with Crippen LogP contribution in [0.3, 0.4) is 0 Å². The Balaban J connectivity index is 1.33. The lowest BCUT2D eigenvalue weighted by Crippen LogP contribution is -2.18. The molecule has 33 heavy (non-hydrogen) atoms. The Hall–Kier alpha value is -3.38. The summed E-state index contributed by atoms with van der Waals surface area (Å²) in [5, 5.41) is 5.00. The van der Waals surface area contributed by atoms with Gasteiger partial charge in [0.05, 0.1) is 35.2 Å². The summed E-state index contributed by atoms with van der Waals surface area (Å²) < 4.78 is 16.5. The van der Waals surface area contributed by atoms with Gasteiger partial charge in [0.2, 0.25) is 0 Å². The van der Waals surface area contributed by atoms with E-state index in [0.717, 1.165) is 45.9 Å². The molecule has 0 saturated heterocycles. The fourth-order valence-corrected chi connectivity index (χ4v) is 4.58. The van der Waals surface area contributed by atoms with E-state index >= 15 is 0 Å². The van der Waals surface area contributed by atoms with E-state index in [4.69, 9.17) is 16.6 Å². The number of fused-ring (bicyclic) bond motifs is 1. The van der Waals surface area contributed by atoms with Crippen LogP contribution in [0, 0.1) is 11.7 Å². The van der Waals surface area contributed by atoms with Crippen molar-refractivity contribution in [2.24, 2.45) is 10.9 Å². The quantitative estimate of drug-likeness (QED) is 0.371. The molecule has 164 valence electrons. The minimum absolute atomic E-state index is 0.352. The number of benzene rings is 1. The number of hydrogen-bond acceptors (Lipinski definition) is 4. The summed E-state index contributed by atoms with van der Waals surface area (Å²) in [7, 11) is 0. The molecule has 0 spiro atoms. The highest BCUT2D eigenvalue weighted by Crippen LogP contribution is 2.30. The molecule has 7 heteroatoms. The Kier molecular flexibility index (Phi) is 5.03. The first-order valence-electron chi connectivity index (χ1n) is 11.1. The van der Waals surface area contributed by atoms with Gasteiger partial charge >= 0.3 is 0 Å². The van der Waals surface area contributed by atoms with E-state index in [2.05, 4.69) is 21.3 Å². The van der Waals surface area contributed by atoms with Crippen molar-refractivity contribution in [1.29, 1.82) is 0 Å². The van der Waals surface area contributed by atoms with E-state index in [1.54, 1.807) is 6.07 Å². The minimum atomic E-state index is -0.352. The highest BCUT2D eigenvalue weighted by molar-refractivity contribution is 6.35.